The maximum atomic E-state index is 6.24. The van der Waals surface area contributed by atoms with E-state index >= 15 is 0 Å². The summed E-state index contributed by atoms with van der Waals surface area (Å²) in [6.45, 7) is 0. The van der Waals surface area contributed by atoms with Crippen molar-refractivity contribution in [2.24, 2.45) is 0 Å². The molecular formula is C46H29NOS. The molecule has 0 saturated carbocycles. The summed E-state index contributed by atoms with van der Waals surface area (Å²) >= 11 is 1.86. The molecule has 0 aliphatic carbocycles. The second-order valence-electron chi connectivity index (χ2n) is 12.5. The maximum absolute atomic E-state index is 6.24. The van der Waals surface area contributed by atoms with Gasteiger partial charge in [-0.2, -0.15) is 0 Å². The predicted molar refractivity (Wildman–Crippen MR) is 210 cm³/mol. The predicted octanol–water partition coefficient (Wildman–Crippen LogP) is 13.9. The normalized spacial score (nSPS) is 11.7. The van der Waals surface area contributed by atoms with Crippen LogP contribution in [-0.2, 0) is 0 Å². The van der Waals surface area contributed by atoms with Gasteiger partial charge in [0.25, 0.3) is 0 Å². The zero-order valence-electron chi connectivity index (χ0n) is 26.5. The minimum absolute atomic E-state index is 0.888. The lowest BCUT2D eigenvalue weighted by molar-refractivity contribution is 0.669. The topological polar surface area (TPSA) is 16.4 Å². The first-order valence-corrected chi connectivity index (χ1v) is 17.4. The number of furan rings is 1. The Bertz CT molecular complexity index is 2850. The molecule has 10 aromatic rings. The largest absolute Gasteiger partial charge is 0.456 e. The molecule has 49 heavy (non-hydrogen) atoms. The van der Waals surface area contributed by atoms with Gasteiger partial charge in [-0.25, -0.2) is 0 Å². The highest BCUT2D eigenvalue weighted by molar-refractivity contribution is 7.25. The molecule has 0 aliphatic rings. The number of rotatable bonds is 5. The Kier molecular flexibility index (Phi) is 6.39. The molecule has 0 N–H and O–H groups in total. The van der Waals surface area contributed by atoms with E-state index in [4.69, 9.17) is 4.42 Å². The van der Waals surface area contributed by atoms with Crippen molar-refractivity contribution in [2.45, 2.75) is 0 Å². The minimum Gasteiger partial charge on any atom is -0.456 e. The maximum Gasteiger partial charge on any atom is 0.135 e. The van der Waals surface area contributed by atoms with Gasteiger partial charge in [0.15, 0.2) is 0 Å². The Hall–Kier alpha value is -6.16. The van der Waals surface area contributed by atoms with E-state index in [0.29, 0.717) is 0 Å². The van der Waals surface area contributed by atoms with Crippen LogP contribution in [0.3, 0.4) is 0 Å². The first kappa shape index (κ1) is 27.9. The number of hydrogen-bond donors (Lipinski definition) is 0. The van der Waals surface area contributed by atoms with Crippen molar-refractivity contribution in [2.75, 3.05) is 4.90 Å². The molecular weight excluding hydrogens is 615 g/mol. The third-order valence-electron chi connectivity index (χ3n) is 9.64. The lowest BCUT2D eigenvalue weighted by Gasteiger charge is -2.27. The molecule has 0 spiro atoms. The molecule has 0 bridgehead atoms. The SMILES string of the molecule is c1cc(-c2cccc3ccccc23)cc(N(c2cccc(-c3cccc4sc5ccccc5c34)c2)c2ccc3oc4ccccc4c3c2)c1. The number of benzene rings is 8. The summed E-state index contributed by atoms with van der Waals surface area (Å²) in [4.78, 5) is 2.38. The summed E-state index contributed by atoms with van der Waals surface area (Å²) in [5.41, 5.74) is 9.89. The smallest absolute Gasteiger partial charge is 0.135 e. The molecule has 8 aromatic carbocycles. The van der Waals surface area contributed by atoms with E-state index in [1.165, 1.54) is 53.2 Å². The Balaban J connectivity index is 1.19. The molecule has 0 saturated heterocycles. The van der Waals surface area contributed by atoms with Crippen LogP contribution >= 0.6 is 11.3 Å². The van der Waals surface area contributed by atoms with Gasteiger partial charge in [0.1, 0.15) is 11.2 Å². The Morgan fingerprint density at radius 3 is 1.84 bits per heavy atom. The summed E-state index contributed by atoms with van der Waals surface area (Å²) in [6, 6.07) is 63.3. The monoisotopic (exact) mass is 643 g/mol. The fourth-order valence-electron chi connectivity index (χ4n) is 7.42. The van der Waals surface area contributed by atoms with Gasteiger partial charge < -0.3 is 9.32 Å². The van der Waals surface area contributed by atoms with Crippen LogP contribution in [0, 0.1) is 0 Å². The van der Waals surface area contributed by atoms with E-state index in [-0.39, 0.29) is 0 Å². The molecule has 0 amide bonds. The van der Waals surface area contributed by atoms with E-state index in [1.807, 2.05) is 23.5 Å². The fourth-order valence-corrected chi connectivity index (χ4v) is 8.55. The van der Waals surface area contributed by atoms with Crippen LogP contribution in [0.15, 0.2) is 180 Å². The molecule has 2 heterocycles. The summed E-state index contributed by atoms with van der Waals surface area (Å²) in [5, 5.41) is 7.33. The van der Waals surface area contributed by atoms with Crippen molar-refractivity contribution < 1.29 is 4.42 Å². The highest BCUT2D eigenvalue weighted by Gasteiger charge is 2.18. The number of anilines is 3. The standard InChI is InChI=1S/C46H29NOS/c1-2-17-36-30(11-1)12-9-20-37(36)31-13-7-15-33(27-31)47(35-25-26-43-41(29-35)39-18-3-5-22-42(39)48-43)34-16-8-14-32(28-34)38-21-10-24-45-46(38)40-19-4-6-23-44(40)49-45/h1-29H. The highest BCUT2D eigenvalue weighted by atomic mass is 32.1. The third-order valence-corrected chi connectivity index (χ3v) is 10.8. The first-order chi connectivity index (χ1) is 24.3. The van der Waals surface area contributed by atoms with Crippen molar-refractivity contribution in [1.82, 2.24) is 0 Å². The van der Waals surface area contributed by atoms with Crippen LogP contribution in [0.5, 0.6) is 0 Å². The zero-order valence-corrected chi connectivity index (χ0v) is 27.3. The van der Waals surface area contributed by atoms with Crippen LogP contribution in [0.2, 0.25) is 0 Å². The molecule has 230 valence electrons. The molecule has 10 rings (SSSR count). The van der Waals surface area contributed by atoms with Gasteiger partial charge in [0, 0.05) is 48.0 Å². The summed E-state index contributed by atoms with van der Waals surface area (Å²) in [5.74, 6) is 0. The van der Waals surface area contributed by atoms with Crippen LogP contribution in [0.4, 0.5) is 17.1 Å². The van der Waals surface area contributed by atoms with Crippen molar-refractivity contribution in [3.8, 4) is 22.3 Å². The van der Waals surface area contributed by atoms with Gasteiger partial charge in [0.05, 0.1) is 0 Å². The van der Waals surface area contributed by atoms with Gasteiger partial charge in [0.2, 0.25) is 0 Å². The molecule has 0 radical (unpaired) electrons. The van der Waals surface area contributed by atoms with Crippen molar-refractivity contribution in [3.63, 3.8) is 0 Å². The quantitative estimate of drug-likeness (QED) is 0.186. The lowest BCUT2D eigenvalue weighted by Crippen LogP contribution is -2.10. The Labute approximate surface area is 287 Å². The van der Waals surface area contributed by atoms with Gasteiger partial charge in [-0.1, -0.05) is 115 Å². The summed E-state index contributed by atoms with van der Waals surface area (Å²) < 4.78 is 8.86. The number of nitrogens with zero attached hydrogens (tertiary/aromatic N) is 1. The van der Waals surface area contributed by atoms with E-state index in [1.54, 1.807) is 0 Å². The molecule has 2 nitrogen and oxygen atoms in total. The molecule has 0 unspecified atom stereocenters. The summed E-state index contributed by atoms with van der Waals surface area (Å²) in [7, 11) is 0. The van der Waals surface area contributed by atoms with Gasteiger partial charge in [-0.05, 0) is 93.7 Å². The molecule has 0 atom stereocenters. The zero-order chi connectivity index (χ0) is 32.3. The lowest BCUT2D eigenvalue weighted by atomic mass is 9.97. The number of fused-ring (bicyclic) bond motifs is 7. The number of thiophene rings is 1. The molecule has 2 aromatic heterocycles. The van der Waals surface area contributed by atoms with Crippen LogP contribution in [0.25, 0.3) is 75.1 Å². The first-order valence-electron chi connectivity index (χ1n) is 16.6. The van der Waals surface area contributed by atoms with Crippen LogP contribution < -0.4 is 4.90 Å². The molecule has 0 fully saturated rings. The molecule has 0 aliphatic heterocycles. The Morgan fingerprint density at radius 1 is 0.388 bits per heavy atom. The van der Waals surface area contributed by atoms with E-state index in [0.717, 1.165) is 39.0 Å². The van der Waals surface area contributed by atoms with Gasteiger partial charge in [-0.3, -0.25) is 0 Å². The van der Waals surface area contributed by atoms with Gasteiger partial charge >= 0.3 is 0 Å². The van der Waals surface area contributed by atoms with Crippen LogP contribution in [-0.4, -0.2) is 0 Å². The number of para-hydroxylation sites is 1. The Morgan fingerprint density at radius 2 is 0.980 bits per heavy atom. The average Bonchev–Trinajstić information content (AvgIpc) is 3.73. The third kappa shape index (κ3) is 4.62. The number of hydrogen-bond acceptors (Lipinski definition) is 3. The van der Waals surface area contributed by atoms with Crippen LogP contribution in [0.1, 0.15) is 0 Å². The van der Waals surface area contributed by atoms with E-state index in [2.05, 4.69) is 169 Å². The summed E-state index contributed by atoms with van der Waals surface area (Å²) in [6.07, 6.45) is 0. The van der Waals surface area contributed by atoms with E-state index in [9.17, 15) is 0 Å². The van der Waals surface area contributed by atoms with Crippen molar-refractivity contribution in [1.29, 1.82) is 0 Å². The second kappa shape index (κ2) is 11.2. The van der Waals surface area contributed by atoms with Crippen molar-refractivity contribution in [3.05, 3.63) is 176 Å². The van der Waals surface area contributed by atoms with E-state index < -0.39 is 0 Å². The average molecular weight is 644 g/mol. The molecule has 3 heteroatoms. The minimum atomic E-state index is 0.888. The van der Waals surface area contributed by atoms with Crippen molar-refractivity contribution >= 4 is 81.3 Å². The fraction of sp³-hybridized carbons (Fsp3) is 0. The van der Waals surface area contributed by atoms with Gasteiger partial charge in [-0.15, -0.1) is 11.3 Å². The highest BCUT2D eigenvalue weighted by Crippen LogP contribution is 2.44. The second-order valence-corrected chi connectivity index (χ2v) is 13.6.